The lowest BCUT2D eigenvalue weighted by molar-refractivity contribution is -0.133. The molecule has 2 heterocycles. The molecule has 2 aliphatic rings. The maximum atomic E-state index is 12.7. The number of hydrogen-bond acceptors (Lipinski definition) is 4. The van der Waals surface area contributed by atoms with Crippen molar-refractivity contribution < 1.29 is 13.2 Å². The number of rotatable bonds is 5. The van der Waals surface area contributed by atoms with Crippen molar-refractivity contribution in [1.29, 1.82) is 0 Å². The minimum atomic E-state index is -3.31. The maximum Gasteiger partial charge on any atom is 0.241 e. The van der Waals surface area contributed by atoms with Crippen LogP contribution in [0, 0.1) is 5.41 Å². The summed E-state index contributed by atoms with van der Waals surface area (Å²) in [6.45, 7) is 6.28. The van der Waals surface area contributed by atoms with Crippen molar-refractivity contribution in [2.45, 2.75) is 45.6 Å². The fourth-order valence-electron chi connectivity index (χ4n) is 3.28. The average molecular weight is 354 g/mol. The molecule has 0 saturated carbocycles. The first-order valence-corrected chi connectivity index (χ1v) is 9.42. The third-order valence-electron chi connectivity index (χ3n) is 4.67. The van der Waals surface area contributed by atoms with Crippen LogP contribution in [0.25, 0.3) is 0 Å². The maximum absolute atomic E-state index is 12.7. The monoisotopic (exact) mass is 353 g/mol. The zero-order valence-electron chi connectivity index (χ0n) is 13.5. The lowest BCUT2D eigenvalue weighted by Gasteiger charge is -2.28. The molecule has 0 aromatic rings. The van der Waals surface area contributed by atoms with Gasteiger partial charge in [-0.1, -0.05) is 13.8 Å². The number of carbonyl (C=O) groups excluding carboxylic acids is 1. The highest BCUT2D eigenvalue weighted by atomic mass is 35.5. The van der Waals surface area contributed by atoms with Gasteiger partial charge in [0.25, 0.3) is 0 Å². The van der Waals surface area contributed by atoms with E-state index in [1.807, 2.05) is 6.92 Å². The molecule has 0 radical (unpaired) electrons. The quantitative estimate of drug-likeness (QED) is 0.792. The van der Waals surface area contributed by atoms with Crippen LogP contribution in [-0.4, -0.2) is 61.5 Å². The number of nitrogens with two attached hydrogens (primary N) is 1. The van der Waals surface area contributed by atoms with Crippen LogP contribution in [0.1, 0.15) is 39.5 Å². The highest BCUT2D eigenvalue weighted by molar-refractivity contribution is 7.89. The molecule has 6 nitrogen and oxygen atoms in total. The molecule has 0 aromatic carbocycles. The lowest BCUT2D eigenvalue weighted by atomic mass is 9.90. The summed E-state index contributed by atoms with van der Waals surface area (Å²) in [7, 11) is -3.31. The van der Waals surface area contributed by atoms with E-state index in [4.69, 9.17) is 5.73 Å². The first kappa shape index (κ1) is 19.7. The SMILES string of the molecule is CCCS(=O)(=O)N1CCCC1C(=O)N1CCC(C)(CN)C1.Cl. The van der Waals surface area contributed by atoms with Crippen LogP contribution in [0.15, 0.2) is 0 Å². The summed E-state index contributed by atoms with van der Waals surface area (Å²) in [4.78, 5) is 14.5. The van der Waals surface area contributed by atoms with E-state index >= 15 is 0 Å². The molecule has 1 amide bonds. The molecule has 2 atom stereocenters. The van der Waals surface area contributed by atoms with E-state index in [0.717, 1.165) is 12.8 Å². The highest BCUT2D eigenvalue weighted by Crippen LogP contribution is 2.31. The van der Waals surface area contributed by atoms with Crippen molar-refractivity contribution in [2.24, 2.45) is 11.1 Å². The molecule has 2 rings (SSSR count). The normalized spacial score (nSPS) is 29.6. The molecule has 2 aliphatic heterocycles. The number of carbonyl (C=O) groups is 1. The third kappa shape index (κ3) is 3.93. The summed E-state index contributed by atoms with van der Waals surface area (Å²) in [5.41, 5.74) is 5.75. The van der Waals surface area contributed by atoms with Gasteiger partial charge in [0, 0.05) is 19.6 Å². The zero-order valence-corrected chi connectivity index (χ0v) is 15.1. The fraction of sp³-hybridized carbons (Fsp3) is 0.929. The van der Waals surface area contributed by atoms with Crippen LogP contribution < -0.4 is 5.73 Å². The Morgan fingerprint density at radius 1 is 1.36 bits per heavy atom. The summed E-state index contributed by atoms with van der Waals surface area (Å²) >= 11 is 0. The van der Waals surface area contributed by atoms with Crippen LogP contribution in [-0.2, 0) is 14.8 Å². The highest BCUT2D eigenvalue weighted by Gasteiger charge is 2.43. The average Bonchev–Trinajstić information content (AvgIpc) is 3.05. The van der Waals surface area contributed by atoms with E-state index in [-0.39, 0.29) is 29.5 Å². The minimum Gasteiger partial charge on any atom is -0.341 e. The van der Waals surface area contributed by atoms with Crippen LogP contribution in [0.2, 0.25) is 0 Å². The Morgan fingerprint density at radius 2 is 2.05 bits per heavy atom. The number of amides is 1. The van der Waals surface area contributed by atoms with Gasteiger partial charge in [-0.25, -0.2) is 8.42 Å². The molecule has 0 aliphatic carbocycles. The van der Waals surface area contributed by atoms with E-state index in [0.29, 0.717) is 39.0 Å². The standard InChI is InChI=1S/C14H27N3O3S.ClH/c1-3-9-21(19,20)17-7-4-5-12(17)13(18)16-8-6-14(2,10-15)11-16;/h12H,3-11,15H2,1-2H3;1H. The Morgan fingerprint density at radius 3 is 2.59 bits per heavy atom. The molecule has 0 bridgehead atoms. The number of hydrogen-bond donors (Lipinski definition) is 1. The zero-order chi connectivity index (χ0) is 15.7. The summed E-state index contributed by atoms with van der Waals surface area (Å²) in [6.07, 6.45) is 2.87. The van der Waals surface area contributed by atoms with Crippen molar-refractivity contribution in [3.05, 3.63) is 0 Å². The predicted octanol–water partition coefficient (Wildman–Crippen LogP) is 0.810. The number of sulfonamides is 1. The second-order valence-electron chi connectivity index (χ2n) is 6.61. The Kier molecular flexibility index (Phi) is 6.68. The Hall–Kier alpha value is -0.370. The summed E-state index contributed by atoms with van der Waals surface area (Å²) < 4.78 is 26.0. The van der Waals surface area contributed by atoms with Gasteiger partial charge in [0.05, 0.1) is 5.75 Å². The van der Waals surface area contributed by atoms with Gasteiger partial charge in [-0.05, 0) is 37.6 Å². The van der Waals surface area contributed by atoms with Crippen molar-refractivity contribution in [2.75, 3.05) is 31.9 Å². The van der Waals surface area contributed by atoms with Crippen LogP contribution in [0.3, 0.4) is 0 Å². The Bertz CT molecular complexity index is 500. The second-order valence-corrected chi connectivity index (χ2v) is 8.65. The lowest BCUT2D eigenvalue weighted by Crippen LogP contribution is -2.48. The molecule has 2 fully saturated rings. The molecule has 8 heteroatoms. The largest absolute Gasteiger partial charge is 0.341 e. The number of nitrogens with zero attached hydrogens (tertiary/aromatic N) is 2. The summed E-state index contributed by atoms with van der Waals surface area (Å²) in [5, 5.41) is 0. The summed E-state index contributed by atoms with van der Waals surface area (Å²) in [5.74, 6) is 0.0847. The third-order valence-corrected chi connectivity index (χ3v) is 6.75. The van der Waals surface area contributed by atoms with Crippen molar-refractivity contribution in [3.63, 3.8) is 0 Å². The van der Waals surface area contributed by atoms with Gasteiger partial charge in [-0.2, -0.15) is 4.31 Å². The van der Waals surface area contributed by atoms with Gasteiger partial charge in [-0.3, -0.25) is 4.79 Å². The number of halogens is 1. The number of likely N-dealkylation sites (tertiary alicyclic amines) is 1. The van der Waals surface area contributed by atoms with Crippen molar-refractivity contribution in [1.82, 2.24) is 9.21 Å². The molecule has 22 heavy (non-hydrogen) atoms. The fourth-order valence-corrected chi connectivity index (χ4v) is 5.03. The van der Waals surface area contributed by atoms with Gasteiger partial charge in [0.15, 0.2) is 0 Å². The van der Waals surface area contributed by atoms with Gasteiger partial charge < -0.3 is 10.6 Å². The first-order chi connectivity index (χ1) is 9.83. The second kappa shape index (κ2) is 7.47. The Labute approximate surface area is 139 Å². The van der Waals surface area contributed by atoms with Gasteiger partial charge in [0.2, 0.25) is 15.9 Å². The van der Waals surface area contributed by atoms with E-state index < -0.39 is 16.1 Å². The van der Waals surface area contributed by atoms with E-state index in [1.54, 1.807) is 4.90 Å². The molecular formula is C14H28ClN3O3S. The first-order valence-electron chi connectivity index (χ1n) is 7.81. The van der Waals surface area contributed by atoms with Crippen molar-refractivity contribution in [3.8, 4) is 0 Å². The molecule has 2 N–H and O–H groups in total. The van der Waals surface area contributed by atoms with E-state index in [9.17, 15) is 13.2 Å². The minimum absolute atomic E-state index is 0. The molecule has 0 aromatic heterocycles. The van der Waals surface area contributed by atoms with E-state index in [2.05, 4.69) is 6.92 Å². The topological polar surface area (TPSA) is 83.7 Å². The smallest absolute Gasteiger partial charge is 0.241 e. The predicted molar refractivity (Wildman–Crippen MR) is 89.4 cm³/mol. The molecule has 2 saturated heterocycles. The van der Waals surface area contributed by atoms with Gasteiger partial charge in [-0.15, -0.1) is 12.4 Å². The van der Waals surface area contributed by atoms with Crippen LogP contribution in [0.5, 0.6) is 0 Å². The van der Waals surface area contributed by atoms with E-state index in [1.165, 1.54) is 4.31 Å². The van der Waals surface area contributed by atoms with Gasteiger partial charge in [0.1, 0.15) is 6.04 Å². The van der Waals surface area contributed by atoms with Crippen molar-refractivity contribution >= 4 is 28.3 Å². The van der Waals surface area contributed by atoms with Crippen LogP contribution >= 0.6 is 12.4 Å². The molecule has 130 valence electrons. The summed E-state index contributed by atoms with van der Waals surface area (Å²) in [6, 6.07) is -0.498. The van der Waals surface area contributed by atoms with Gasteiger partial charge >= 0.3 is 0 Å². The Balaban J connectivity index is 0.00000242. The van der Waals surface area contributed by atoms with Crippen LogP contribution in [0.4, 0.5) is 0 Å². The molecule has 2 unspecified atom stereocenters. The molecule has 0 spiro atoms. The molecular weight excluding hydrogens is 326 g/mol.